The normalized spacial score (nSPS) is 15.6. The number of H-pyrrole nitrogens is 1. The molecule has 3 rings (SSSR count). The van der Waals surface area contributed by atoms with E-state index in [1.807, 2.05) is 0 Å². The topological polar surface area (TPSA) is 87.1 Å². The lowest BCUT2D eigenvalue weighted by molar-refractivity contribution is 0.561. The molecule has 0 amide bonds. The van der Waals surface area contributed by atoms with E-state index in [-0.39, 0.29) is 11.4 Å². The minimum atomic E-state index is -3.49. The van der Waals surface area contributed by atoms with Crippen LogP contribution in [0.4, 0.5) is 0 Å². The van der Waals surface area contributed by atoms with Gasteiger partial charge in [0.05, 0.1) is 17.4 Å². The molecule has 0 aliphatic heterocycles. The Hall–Kier alpha value is -1.57. The van der Waals surface area contributed by atoms with Gasteiger partial charge in [-0.1, -0.05) is 0 Å². The van der Waals surface area contributed by atoms with E-state index in [9.17, 15) is 8.42 Å². The first kappa shape index (κ1) is 13.4. The number of aromatic amines is 1. The smallest absolute Gasteiger partial charge is 0.242 e. The Kier molecular flexibility index (Phi) is 3.64. The Morgan fingerprint density at radius 2 is 2.20 bits per heavy atom. The Labute approximate surface area is 117 Å². The van der Waals surface area contributed by atoms with Crippen LogP contribution in [-0.4, -0.2) is 19.4 Å². The van der Waals surface area contributed by atoms with Crippen LogP contribution in [0.2, 0.25) is 0 Å². The van der Waals surface area contributed by atoms with E-state index in [2.05, 4.69) is 15.0 Å². The predicted molar refractivity (Wildman–Crippen MR) is 73.4 cm³/mol. The molecule has 1 aliphatic carbocycles. The number of hydrogen-bond donors (Lipinski definition) is 3. The minimum Gasteiger partial charge on any atom is -0.472 e. The van der Waals surface area contributed by atoms with E-state index in [1.54, 1.807) is 12.1 Å². The van der Waals surface area contributed by atoms with Gasteiger partial charge in [0.2, 0.25) is 10.0 Å². The zero-order valence-corrected chi connectivity index (χ0v) is 11.7. The fourth-order valence-electron chi connectivity index (χ4n) is 1.87. The summed E-state index contributed by atoms with van der Waals surface area (Å²) in [7, 11) is -3.49. The third-order valence-corrected chi connectivity index (χ3v) is 4.61. The Bertz CT molecular complexity index is 657. The van der Waals surface area contributed by atoms with Crippen molar-refractivity contribution in [3.63, 3.8) is 0 Å². The van der Waals surface area contributed by atoms with Crippen LogP contribution >= 0.6 is 0 Å². The minimum absolute atomic E-state index is 0.222. The lowest BCUT2D eigenvalue weighted by atomic mass is 10.4. The molecular formula is C13H17N3O3S. The maximum atomic E-state index is 12.1. The molecule has 1 fully saturated rings. The van der Waals surface area contributed by atoms with Gasteiger partial charge in [-0.2, -0.15) is 0 Å². The summed E-state index contributed by atoms with van der Waals surface area (Å²) in [6.07, 6.45) is 6.96. The molecule has 0 spiro atoms. The zero-order chi connectivity index (χ0) is 14.0. The third-order valence-electron chi connectivity index (χ3n) is 3.23. The molecule has 1 aliphatic rings. The van der Waals surface area contributed by atoms with Gasteiger partial charge in [-0.05, 0) is 25.0 Å². The average molecular weight is 295 g/mol. The van der Waals surface area contributed by atoms with Crippen LogP contribution in [0.15, 0.2) is 40.2 Å². The molecule has 1 saturated carbocycles. The SMILES string of the molecule is O=S(=O)(NCc1ccoc1)c1c[nH]c(CNC2CC2)c1. The number of aromatic nitrogens is 1. The highest BCUT2D eigenvalue weighted by Gasteiger charge is 2.21. The molecule has 0 atom stereocenters. The monoisotopic (exact) mass is 295 g/mol. The molecule has 0 saturated heterocycles. The maximum Gasteiger partial charge on any atom is 0.242 e. The number of hydrogen-bond acceptors (Lipinski definition) is 4. The molecule has 2 heterocycles. The number of nitrogens with one attached hydrogen (secondary N) is 3. The highest BCUT2D eigenvalue weighted by atomic mass is 32.2. The van der Waals surface area contributed by atoms with E-state index in [1.165, 1.54) is 31.6 Å². The maximum absolute atomic E-state index is 12.1. The van der Waals surface area contributed by atoms with Gasteiger partial charge in [0.25, 0.3) is 0 Å². The van der Waals surface area contributed by atoms with Crippen LogP contribution in [0.25, 0.3) is 0 Å². The fraction of sp³-hybridized carbons (Fsp3) is 0.385. The molecule has 2 aromatic heterocycles. The second-order valence-corrected chi connectivity index (χ2v) is 6.74. The number of sulfonamides is 1. The van der Waals surface area contributed by atoms with Crippen molar-refractivity contribution in [3.05, 3.63) is 42.1 Å². The summed E-state index contributed by atoms with van der Waals surface area (Å²) in [5, 5.41) is 3.33. The number of furan rings is 1. The molecule has 0 unspecified atom stereocenters. The van der Waals surface area contributed by atoms with Crippen molar-refractivity contribution in [2.24, 2.45) is 0 Å². The van der Waals surface area contributed by atoms with Crippen LogP contribution in [0.3, 0.4) is 0 Å². The Morgan fingerprint density at radius 1 is 1.35 bits per heavy atom. The van der Waals surface area contributed by atoms with Gasteiger partial charge in [-0.15, -0.1) is 0 Å². The van der Waals surface area contributed by atoms with Crippen LogP contribution in [-0.2, 0) is 23.1 Å². The molecule has 7 heteroatoms. The van der Waals surface area contributed by atoms with Crippen molar-refractivity contribution in [1.82, 2.24) is 15.0 Å². The van der Waals surface area contributed by atoms with Gasteiger partial charge < -0.3 is 14.7 Å². The summed E-state index contributed by atoms with van der Waals surface area (Å²) in [4.78, 5) is 3.25. The van der Waals surface area contributed by atoms with Crippen LogP contribution < -0.4 is 10.0 Å². The second kappa shape index (κ2) is 5.43. The van der Waals surface area contributed by atoms with Gasteiger partial charge in [0, 0.05) is 36.6 Å². The molecule has 6 nitrogen and oxygen atoms in total. The summed E-state index contributed by atoms with van der Waals surface area (Å²) in [6, 6.07) is 3.98. The Balaban J connectivity index is 1.61. The van der Waals surface area contributed by atoms with Gasteiger partial charge >= 0.3 is 0 Å². The summed E-state index contributed by atoms with van der Waals surface area (Å²) in [5.41, 5.74) is 1.67. The van der Waals surface area contributed by atoms with Gasteiger partial charge in [-0.25, -0.2) is 13.1 Å². The fourth-order valence-corrected chi connectivity index (χ4v) is 2.91. The van der Waals surface area contributed by atoms with Crippen molar-refractivity contribution in [3.8, 4) is 0 Å². The largest absolute Gasteiger partial charge is 0.472 e. The molecular weight excluding hydrogens is 278 g/mol. The average Bonchev–Trinajstić information content (AvgIpc) is 2.94. The molecule has 0 radical (unpaired) electrons. The highest BCUT2D eigenvalue weighted by Crippen LogP contribution is 2.19. The van der Waals surface area contributed by atoms with E-state index < -0.39 is 10.0 Å². The van der Waals surface area contributed by atoms with Crippen molar-refractivity contribution >= 4 is 10.0 Å². The standard InChI is InChI=1S/C13H17N3O3S/c17-20(18,16-6-10-3-4-19-9-10)13-5-12(15-8-13)7-14-11-1-2-11/h3-5,8-9,11,14-16H,1-2,6-7H2. The van der Waals surface area contributed by atoms with E-state index in [4.69, 9.17) is 4.42 Å². The van der Waals surface area contributed by atoms with Crippen LogP contribution in [0.1, 0.15) is 24.1 Å². The highest BCUT2D eigenvalue weighted by molar-refractivity contribution is 7.89. The Morgan fingerprint density at radius 3 is 2.90 bits per heavy atom. The lowest BCUT2D eigenvalue weighted by Gasteiger charge is -2.02. The zero-order valence-electron chi connectivity index (χ0n) is 10.9. The van der Waals surface area contributed by atoms with Crippen molar-refractivity contribution in [2.45, 2.75) is 36.9 Å². The summed E-state index contributed by atoms with van der Waals surface area (Å²) in [6.45, 7) is 0.890. The quantitative estimate of drug-likeness (QED) is 0.719. The number of rotatable bonds is 7. The lowest BCUT2D eigenvalue weighted by Crippen LogP contribution is -2.22. The summed E-state index contributed by atoms with van der Waals surface area (Å²) < 4.78 is 31.7. The first-order valence-electron chi connectivity index (χ1n) is 6.55. The van der Waals surface area contributed by atoms with E-state index >= 15 is 0 Å². The first-order chi connectivity index (χ1) is 9.63. The molecule has 20 heavy (non-hydrogen) atoms. The first-order valence-corrected chi connectivity index (χ1v) is 8.03. The molecule has 0 aromatic carbocycles. The van der Waals surface area contributed by atoms with Crippen molar-refractivity contribution < 1.29 is 12.8 Å². The van der Waals surface area contributed by atoms with Crippen LogP contribution in [0.5, 0.6) is 0 Å². The van der Waals surface area contributed by atoms with Gasteiger partial charge in [0.1, 0.15) is 0 Å². The molecule has 0 bridgehead atoms. The van der Waals surface area contributed by atoms with Gasteiger partial charge in [-0.3, -0.25) is 0 Å². The van der Waals surface area contributed by atoms with E-state index in [0.717, 1.165) is 11.3 Å². The molecule has 2 aromatic rings. The van der Waals surface area contributed by atoms with E-state index in [0.29, 0.717) is 12.6 Å². The second-order valence-electron chi connectivity index (χ2n) is 4.97. The molecule has 3 N–H and O–H groups in total. The van der Waals surface area contributed by atoms with Crippen molar-refractivity contribution in [1.29, 1.82) is 0 Å². The predicted octanol–water partition coefficient (Wildman–Crippen LogP) is 1.34. The summed E-state index contributed by atoms with van der Waals surface area (Å²) in [5.74, 6) is 0. The van der Waals surface area contributed by atoms with Gasteiger partial charge in [0.15, 0.2) is 0 Å². The van der Waals surface area contributed by atoms with Crippen molar-refractivity contribution in [2.75, 3.05) is 0 Å². The summed E-state index contributed by atoms with van der Waals surface area (Å²) >= 11 is 0. The third kappa shape index (κ3) is 3.30. The van der Waals surface area contributed by atoms with Crippen LogP contribution in [0, 0.1) is 0 Å². The molecule has 108 valence electrons.